The van der Waals surface area contributed by atoms with Gasteiger partial charge in [-0.3, -0.25) is 9.59 Å². The van der Waals surface area contributed by atoms with E-state index in [1.54, 1.807) is 6.92 Å². The number of esters is 1. The first-order chi connectivity index (χ1) is 17.7. The average Bonchev–Trinajstić information content (AvgIpc) is 2.86. The van der Waals surface area contributed by atoms with Gasteiger partial charge in [0.2, 0.25) is 0 Å². The van der Waals surface area contributed by atoms with Gasteiger partial charge in [-0.05, 0) is 74.9 Å². The summed E-state index contributed by atoms with van der Waals surface area (Å²) >= 11 is 0. The standard InChI is InChI=1S/C11H14O2.C9H10O2.C8H10.C2H6O.CO/c1-3-13-11(12)8-10-7-5-4-6-9(10)2;1-7-4-2-3-5-8(7)6-9(10)11;1-7-5-3-4-6-8(7)2;1-2-3;1-2/h4-7H,3,8H2,1-2H3;2-5H,6H2,1H3,(H,10,11);3-6H,1-2H3;3H,2H2,1H3;. The SMILES string of the molecule is CCO.CCOC(=O)Cc1ccccc1C.Cc1ccccc1C.Cc1ccccc1CC(=O)O.[C-]#[O+]. The van der Waals surface area contributed by atoms with Crippen LogP contribution in [-0.2, 0) is 31.8 Å². The Morgan fingerprint density at radius 1 is 0.703 bits per heavy atom. The number of carbonyl (C=O) groups excluding carboxylic acids is 1. The molecule has 0 spiro atoms. The van der Waals surface area contributed by atoms with Gasteiger partial charge in [-0.25, -0.2) is 0 Å². The Hall–Kier alpha value is -3.70. The summed E-state index contributed by atoms with van der Waals surface area (Å²) in [7, 11) is 0. The molecule has 37 heavy (non-hydrogen) atoms. The summed E-state index contributed by atoms with van der Waals surface area (Å²) in [4.78, 5) is 21.5. The van der Waals surface area contributed by atoms with Crippen molar-refractivity contribution in [3.8, 4) is 0 Å². The van der Waals surface area contributed by atoms with Gasteiger partial charge in [-0.1, -0.05) is 72.8 Å². The van der Waals surface area contributed by atoms with Crippen LogP contribution in [0.2, 0.25) is 0 Å². The number of carboxylic acids is 1. The van der Waals surface area contributed by atoms with Crippen LogP contribution < -0.4 is 0 Å². The molecule has 0 aliphatic rings. The number of aliphatic hydroxyl groups excluding tert-OH is 1. The average molecular weight is 509 g/mol. The van der Waals surface area contributed by atoms with Crippen LogP contribution in [0, 0.1) is 34.3 Å². The fourth-order valence-corrected chi connectivity index (χ4v) is 2.81. The van der Waals surface area contributed by atoms with Crippen LogP contribution in [0.25, 0.3) is 0 Å². The molecular formula is C31H40O6. The Balaban J connectivity index is 0. The van der Waals surface area contributed by atoms with E-state index in [1.165, 1.54) is 11.1 Å². The van der Waals surface area contributed by atoms with E-state index in [0.29, 0.717) is 13.0 Å². The first-order valence-corrected chi connectivity index (χ1v) is 12.0. The second-order valence-corrected chi connectivity index (χ2v) is 7.81. The van der Waals surface area contributed by atoms with Gasteiger partial charge in [0.05, 0.1) is 19.4 Å². The molecule has 2 N–H and O–H groups in total. The number of carboxylic acid groups (broad SMARTS) is 1. The predicted molar refractivity (Wildman–Crippen MR) is 147 cm³/mol. The molecule has 6 heteroatoms. The van der Waals surface area contributed by atoms with Crippen molar-refractivity contribution in [1.29, 1.82) is 0 Å². The fourth-order valence-electron chi connectivity index (χ4n) is 2.81. The monoisotopic (exact) mass is 508 g/mol. The fraction of sp³-hybridized carbons (Fsp3) is 0.323. The second kappa shape index (κ2) is 22.7. The van der Waals surface area contributed by atoms with Gasteiger partial charge in [0.25, 0.3) is 0 Å². The summed E-state index contributed by atoms with van der Waals surface area (Å²) in [5.74, 6) is -0.934. The van der Waals surface area contributed by atoms with E-state index in [9.17, 15) is 9.59 Å². The third kappa shape index (κ3) is 18.3. The van der Waals surface area contributed by atoms with Gasteiger partial charge in [0, 0.05) is 6.61 Å². The van der Waals surface area contributed by atoms with Gasteiger partial charge in [-0.15, -0.1) is 0 Å². The topological polar surface area (TPSA) is 104 Å². The van der Waals surface area contributed by atoms with Crippen LogP contribution in [0.1, 0.15) is 47.2 Å². The summed E-state index contributed by atoms with van der Waals surface area (Å²) in [6.07, 6.45) is 0.493. The molecular weight excluding hydrogens is 468 g/mol. The molecule has 0 heterocycles. The number of ether oxygens (including phenoxy) is 1. The van der Waals surface area contributed by atoms with Crippen LogP contribution in [-0.4, -0.2) is 35.4 Å². The molecule has 0 saturated carbocycles. The first-order valence-electron chi connectivity index (χ1n) is 12.0. The van der Waals surface area contributed by atoms with Crippen LogP contribution in [0.15, 0.2) is 72.8 Å². The number of benzene rings is 3. The number of carbonyl (C=O) groups is 2. The number of hydrogen-bond acceptors (Lipinski definition) is 4. The molecule has 0 bridgehead atoms. The van der Waals surface area contributed by atoms with E-state index in [-0.39, 0.29) is 19.0 Å². The van der Waals surface area contributed by atoms with E-state index < -0.39 is 5.97 Å². The van der Waals surface area contributed by atoms with Crippen molar-refractivity contribution in [3.05, 3.63) is 113 Å². The molecule has 3 aromatic carbocycles. The van der Waals surface area contributed by atoms with E-state index in [1.807, 2.05) is 69.3 Å². The van der Waals surface area contributed by atoms with Crippen LogP contribution in [0.3, 0.4) is 0 Å². The molecule has 0 unspecified atom stereocenters. The molecule has 0 radical (unpaired) electrons. The van der Waals surface area contributed by atoms with Gasteiger partial charge in [0.15, 0.2) is 0 Å². The quantitative estimate of drug-likeness (QED) is 0.250. The number of hydrogen-bond donors (Lipinski definition) is 2. The Labute approximate surface area is 221 Å². The number of rotatable bonds is 5. The molecule has 0 saturated heterocycles. The van der Waals surface area contributed by atoms with Crippen molar-refractivity contribution in [3.63, 3.8) is 0 Å². The molecule has 0 aromatic heterocycles. The molecule has 0 aliphatic heterocycles. The van der Waals surface area contributed by atoms with Crippen molar-refractivity contribution in [1.82, 2.24) is 0 Å². The number of aliphatic carboxylic acids is 1. The number of aliphatic hydroxyl groups is 1. The van der Waals surface area contributed by atoms with Crippen molar-refractivity contribution >= 4 is 11.9 Å². The second-order valence-electron chi connectivity index (χ2n) is 7.81. The van der Waals surface area contributed by atoms with Crippen molar-refractivity contribution in [2.45, 2.75) is 54.4 Å². The van der Waals surface area contributed by atoms with Gasteiger partial charge >= 0.3 is 23.2 Å². The maximum absolute atomic E-state index is 11.1. The van der Waals surface area contributed by atoms with Gasteiger partial charge in [0.1, 0.15) is 0 Å². The molecule has 0 atom stereocenters. The third-order valence-corrected chi connectivity index (χ3v) is 4.93. The van der Waals surface area contributed by atoms with E-state index in [2.05, 4.69) is 44.8 Å². The van der Waals surface area contributed by atoms with Crippen LogP contribution >= 0.6 is 0 Å². The molecule has 0 aliphatic carbocycles. The predicted octanol–water partition coefficient (Wildman–Crippen LogP) is 5.99. The summed E-state index contributed by atoms with van der Waals surface area (Å²) in [5, 5.41) is 16.1. The molecule has 3 rings (SSSR count). The van der Waals surface area contributed by atoms with Gasteiger partial charge < -0.3 is 14.9 Å². The minimum atomic E-state index is -0.778. The first kappa shape index (κ1) is 35.5. The van der Waals surface area contributed by atoms with Crippen molar-refractivity contribution < 1.29 is 29.2 Å². The molecule has 6 nitrogen and oxygen atoms in total. The summed E-state index contributed by atoms with van der Waals surface area (Å²) in [6, 6.07) is 23.7. The zero-order valence-electron chi connectivity index (χ0n) is 22.8. The zero-order chi connectivity index (χ0) is 28.6. The summed E-state index contributed by atoms with van der Waals surface area (Å²) < 4.78 is 12.4. The molecule has 0 amide bonds. The minimum absolute atomic E-state index is 0.118. The third-order valence-electron chi connectivity index (χ3n) is 4.93. The molecule has 3 aromatic rings. The molecule has 200 valence electrons. The maximum atomic E-state index is 11.1. The number of aryl methyl sites for hydroxylation is 4. The van der Waals surface area contributed by atoms with Crippen LogP contribution in [0.5, 0.6) is 0 Å². The Bertz CT molecular complexity index is 1040. The summed E-state index contributed by atoms with van der Waals surface area (Å²) in [6.45, 7) is 16.8. The van der Waals surface area contributed by atoms with E-state index >= 15 is 0 Å². The van der Waals surface area contributed by atoms with E-state index in [4.69, 9.17) is 19.6 Å². The Morgan fingerprint density at radius 2 is 1.03 bits per heavy atom. The van der Waals surface area contributed by atoms with E-state index in [0.717, 1.165) is 22.3 Å². The van der Waals surface area contributed by atoms with Gasteiger partial charge in [-0.2, -0.15) is 0 Å². The Morgan fingerprint density at radius 3 is 1.32 bits per heavy atom. The Kier molecular flexibility index (Phi) is 21.8. The normalized spacial score (nSPS) is 8.78. The molecule has 0 fully saturated rings. The summed E-state index contributed by atoms with van der Waals surface area (Å²) in [5.41, 5.74) is 6.84. The zero-order valence-corrected chi connectivity index (χ0v) is 22.8. The van der Waals surface area contributed by atoms with Crippen LogP contribution in [0.4, 0.5) is 0 Å². The van der Waals surface area contributed by atoms with Crippen molar-refractivity contribution in [2.24, 2.45) is 0 Å². The van der Waals surface area contributed by atoms with Crippen molar-refractivity contribution in [2.75, 3.05) is 13.2 Å².